The third-order valence-corrected chi connectivity index (χ3v) is 3.03. The SMILES string of the molecule is CCC(C(=O)NCCCC(=O)Cl)n1cc(Br)cn1. The van der Waals surface area contributed by atoms with Gasteiger partial charge in [0.2, 0.25) is 11.1 Å². The van der Waals surface area contributed by atoms with Gasteiger partial charge in [-0.25, -0.2) is 0 Å². The van der Waals surface area contributed by atoms with Crippen LogP contribution in [-0.4, -0.2) is 27.5 Å². The van der Waals surface area contributed by atoms with Crippen LogP contribution in [0, 0.1) is 0 Å². The highest BCUT2D eigenvalue weighted by molar-refractivity contribution is 9.10. The fraction of sp³-hybridized carbons (Fsp3) is 0.545. The van der Waals surface area contributed by atoms with Crippen LogP contribution in [0.5, 0.6) is 0 Å². The molecule has 1 N–H and O–H groups in total. The molecule has 0 aliphatic carbocycles. The molecule has 0 radical (unpaired) electrons. The van der Waals surface area contributed by atoms with Crippen molar-refractivity contribution >= 4 is 38.7 Å². The van der Waals surface area contributed by atoms with Gasteiger partial charge in [-0.15, -0.1) is 0 Å². The second-order valence-corrected chi connectivity index (χ2v) is 5.15. The molecule has 1 unspecified atom stereocenters. The summed E-state index contributed by atoms with van der Waals surface area (Å²) in [6, 6.07) is -0.331. The molecule has 0 spiro atoms. The predicted molar refractivity (Wildman–Crippen MR) is 72.4 cm³/mol. The Bertz CT molecular complexity index is 422. The number of nitrogens with one attached hydrogen (secondary N) is 1. The number of halogens is 2. The Morgan fingerprint density at radius 3 is 2.83 bits per heavy atom. The van der Waals surface area contributed by atoms with Crippen LogP contribution >= 0.6 is 27.5 Å². The molecule has 1 aromatic heterocycles. The first-order valence-electron chi connectivity index (χ1n) is 5.70. The van der Waals surface area contributed by atoms with Crippen molar-refractivity contribution in [3.63, 3.8) is 0 Å². The molecule has 1 aromatic rings. The van der Waals surface area contributed by atoms with Gasteiger partial charge in [-0.05, 0) is 40.4 Å². The summed E-state index contributed by atoms with van der Waals surface area (Å²) in [5.41, 5.74) is 0. The highest BCUT2D eigenvalue weighted by Gasteiger charge is 2.18. The van der Waals surface area contributed by atoms with E-state index in [4.69, 9.17) is 11.6 Å². The third kappa shape index (κ3) is 4.78. The van der Waals surface area contributed by atoms with Crippen LogP contribution in [-0.2, 0) is 9.59 Å². The zero-order valence-corrected chi connectivity index (χ0v) is 12.4. The van der Waals surface area contributed by atoms with Gasteiger partial charge in [0.05, 0.1) is 10.7 Å². The summed E-state index contributed by atoms with van der Waals surface area (Å²) in [6.07, 6.45) is 4.87. The summed E-state index contributed by atoms with van der Waals surface area (Å²) in [6.45, 7) is 2.36. The van der Waals surface area contributed by atoms with Gasteiger partial charge >= 0.3 is 0 Å². The third-order valence-electron chi connectivity index (χ3n) is 2.43. The Hall–Kier alpha value is -0.880. The maximum atomic E-state index is 11.9. The molecule has 1 rings (SSSR count). The first kappa shape index (κ1) is 15.2. The lowest BCUT2D eigenvalue weighted by molar-refractivity contribution is -0.124. The maximum Gasteiger partial charge on any atom is 0.244 e. The minimum Gasteiger partial charge on any atom is -0.354 e. The number of aromatic nitrogens is 2. The van der Waals surface area contributed by atoms with Crippen LogP contribution in [0.15, 0.2) is 16.9 Å². The lowest BCUT2D eigenvalue weighted by Gasteiger charge is -2.15. The number of carbonyl (C=O) groups excluding carboxylic acids is 2. The van der Waals surface area contributed by atoms with E-state index in [9.17, 15) is 9.59 Å². The fourth-order valence-corrected chi connectivity index (χ4v) is 1.97. The van der Waals surface area contributed by atoms with Crippen LogP contribution in [0.4, 0.5) is 0 Å². The Kier molecular flexibility index (Phi) is 6.35. The van der Waals surface area contributed by atoms with E-state index in [0.29, 0.717) is 19.4 Å². The van der Waals surface area contributed by atoms with Gasteiger partial charge in [0.15, 0.2) is 0 Å². The van der Waals surface area contributed by atoms with Crippen LogP contribution in [0.1, 0.15) is 32.2 Å². The molecule has 0 saturated carbocycles. The Morgan fingerprint density at radius 1 is 1.61 bits per heavy atom. The summed E-state index contributed by atoms with van der Waals surface area (Å²) in [5.74, 6) is -0.102. The summed E-state index contributed by atoms with van der Waals surface area (Å²) in [4.78, 5) is 22.5. The molecule has 1 heterocycles. The first-order valence-corrected chi connectivity index (χ1v) is 6.87. The van der Waals surface area contributed by atoms with Gasteiger partial charge in [0, 0.05) is 19.2 Å². The van der Waals surface area contributed by atoms with Crippen molar-refractivity contribution < 1.29 is 9.59 Å². The quantitative estimate of drug-likeness (QED) is 0.613. The highest BCUT2D eigenvalue weighted by Crippen LogP contribution is 2.14. The highest BCUT2D eigenvalue weighted by atomic mass is 79.9. The van der Waals surface area contributed by atoms with Crippen LogP contribution in [0.3, 0.4) is 0 Å². The van der Waals surface area contributed by atoms with E-state index >= 15 is 0 Å². The molecule has 0 aliphatic rings. The van der Waals surface area contributed by atoms with Crippen LogP contribution in [0.2, 0.25) is 0 Å². The monoisotopic (exact) mass is 335 g/mol. The van der Waals surface area contributed by atoms with Crippen molar-refractivity contribution in [2.75, 3.05) is 6.54 Å². The number of hydrogen-bond donors (Lipinski definition) is 1. The van der Waals surface area contributed by atoms with E-state index < -0.39 is 0 Å². The number of hydrogen-bond acceptors (Lipinski definition) is 3. The van der Waals surface area contributed by atoms with Crippen LogP contribution in [0.25, 0.3) is 0 Å². The largest absolute Gasteiger partial charge is 0.354 e. The standard InChI is InChI=1S/C11H15BrClN3O2/c1-2-9(16-7-8(12)6-15-16)11(18)14-5-3-4-10(13)17/h6-7,9H,2-5H2,1H3,(H,14,18). The molecule has 7 heteroatoms. The number of rotatable bonds is 7. The second-order valence-electron chi connectivity index (χ2n) is 3.81. The number of amides is 1. The van der Waals surface area contributed by atoms with E-state index in [1.807, 2.05) is 6.92 Å². The molecular weight excluding hydrogens is 321 g/mol. The van der Waals surface area contributed by atoms with Crippen LogP contribution < -0.4 is 5.32 Å². The van der Waals surface area contributed by atoms with Crippen molar-refractivity contribution in [2.45, 2.75) is 32.2 Å². The van der Waals surface area contributed by atoms with E-state index in [1.54, 1.807) is 17.1 Å². The molecule has 0 fully saturated rings. The molecule has 1 atom stereocenters. The Balaban J connectivity index is 2.45. The molecule has 5 nitrogen and oxygen atoms in total. The lowest BCUT2D eigenvalue weighted by atomic mass is 10.2. The van der Waals surface area contributed by atoms with Crippen molar-refractivity contribution in [1.82, 2.24) is 15.1 Å². The molecule has 0 aromatic carbocycles. The number of nitrogens with zero attached hydrogens (tertiary/aromatic N) is 2. The zero-order chi connectivity index (χ0) is 13.5. The van der Waals surface area contributed by atoms with Gasteiger partial charge in [-0.2, -0.15) is 5.10 Å². The van der Waals surface area contributed by atoms with E-state index in [-0.39, 0.29) is 23.6 Å². The minimum absolute atomic E-state index is 0.102. The number of carbonyl (C=O) groups is 2. The topological polar surface area (TPSA) is 64.0 Å². The van der Waals surface area contributed by atoms with Crippen molar-refractivity contribution in [3.05, 3.63) is 16.9 Å². The molecule has 18 heavy (non-hydrogen) atoms. The zero-order valence-electron chi connectivity index (χ0n) is 10.0. The molecule has 0 bridgehead atoms. The van der Waals surface area contributed by atoms with Crippen molar-refractivity contribution in [2.24, 2.45) is 0 Å². The van der Waals surface area contributed by atoms with Gasteiger partial charge in [0.1, 0.15) is 6.04 Å². The molecular formula is C11H15BrClN3O2. The Labute approximate surface area is 119 Å². The average molecular weight is 337 g/mol. The summed E-state index contributed by atoms with van der Waals surface area (Å²) in [5, 5.41) is 6.49. The van der Waals surface area contributed by atoms with Crippen molar-refractivity contribution in [1.29, 1.82) is 0 Å². The van der Waals surface area contributed by atoms with E-state index in [2.05, 4.69) is 26.3 Å². The normalized spacial score (nSPS) is 12.2. The second kappa shape index (κ2) is 7.53. The van der Waals surface area contributed by atoms with Gasteiger partial charge < -0.3 is 5.32 Å². The molecule has 100 valence electrons. The summed E-state index contributed by atoms with van der Waals surface area (Å²) < 4.78 is 2.45. The maximum absolute atomic E-state index is 11.9. The fourth-order valence-electron chi connectivity index (χ4n) is 1.53. The molecule has 1 amide bonds. The minimum atomic E-state index is -0.382. The van der Waals surface area contributed by atoms with Crippen molar-refractivity contribution in [3.8, 4) is 0 Å². The first-order chi connectivity index (χ1) is 8.54. The summed E-state index contributed by atoms with van der Waals surface area (Å²) >= 11 is 8.50. The van der Waals surface area contributed by atoms with Gasteiger partial charge in [0.25, 0.3) is 0 Å². The summed E-state index contributed by atoms with van der Waals surface area (Å²) in [7, 11) is 0. The molecule has 0 aliphatic heterocycles. The lowest BCUT2D eigenvalue weighted by Crippen LogP contribution is -2.33. The van der Waals surface area contributed by atoms with Gasteiger partial charge in [-0.1, -0.05) is 6.92 Å². The Morgan fingerprint density at radius 2 is 2.33 bits per heavy atom. The van der Waals surface area contributed by atoms with E-state index in [0.717, 1.165) is 4.47 Å². The van der Waals surface area contributed by atoms with E-state index in [1.165, 1.54) is 0 Å². The molecule has 0 saturated heterocycles. The average Bonchev–Trinajstić information content (AvgIpc) is 2.72. The van der Waals surface area contributed by atoms with Gasteiger partial charge in [-0.3, -0.25) is 14.3 Å². The smallest absolute Gasteiger partial charge is 0.244 e. The predicted octanol–water partition coefficient (Wildman–Crippen LogP) is 2.26.